The lowest BCUT2D eigenvalue weighted by atomic mass is 10.2. The van der Waals surface area contributed by atoms with Gasteiger partial charge in [-0.05, 0) is 12.1 Å². The molecule has 0 unspecified atom stereocenters. The molecular weight excluding hydrogens is 308 g/mol. The predicted molar refractivity (Wildman–Crippen MR) is 79.0 cm³/mol. The molecule has 0 atom stereocenters. The Kier molecular flexibility index (Phi) is 5.19. The quantitative estimate of drug-likeness (QED) is 0.648. The number of allylic oxidation sites excluding steroid dienone is 1. The standard InChI is InChI=1S/C15H13F2N3O3/c1-18-7-5-12(21)14-13(22)6-8-20(19-14)10-3-2-4-11(9-10)23-15(16)17/h2-9,15,18H,1H3/b7-5+. The van der Waals surface area contributed by atoms with Crippen molar-refractivity contribution in [3.63, 3.8) is 0 Å². The number of aromatic nitrogens is 2. The second kappa shape index (κ2) is 7.30. The van der Waals surface area contributed by atoms with Gasteiger partial charge < -0.3 is 10.1 Å². The van der Waals surface area contributed by atoms with E-state index < -0.39 is 17.8 Å². The Balaban J connectivity index is 2.39. The van der Waals surface area contributed by atoms with Gasteiger partial charge in [0.05, 0.1) is 5.69 Å². The molecule has 1 N–H and O–H groups in total. The first-order valence-electron chi connectivity index (χ1n) is 6.54. The van der Waals surface area contributed by atoms with Crippen molar-refractivity contribution in [2.75, 3.05) is 7.05 Å². The number of alkyl halides is 2. The predicted octanol–water partition coefficient (Wildman–Crippen LogP) is 1.75. The maximum atomic E-state index is 12.3. The van der Waals surface area contributed by atoms with E-state index in [0.717, 1.165) is 0 Å². The number of benzene rings is 1. The highest BCUT2D eigenvalue weighted by atomic mass is 19.3. The first-order valence-corrected chi connectivity index (χ1v) is 6.54. The molecule has 6 nitrogen and oxygen atoms in total. The van der Waals surface area contributed by atoms with Gasteiger partial charge in [0.1, 0.15) is 5.75 Å². The summed E-state index contributed by atoms with van der Waals surface area (Å²) in [6.45, 7) is -2.95. The number of nitrogens with one attached hydrogen (secondary N) is 1. The molecule has 8 heteroatoms. The van der Waals surface area contributed by atoms with E-state index in [-0.39, 0.29) is 11.4 Å². The van der Waals surface area contributed by atoms with Crippen LogP contribution in [0.3, 0.4) is 0 Å². The van der Waals surface area contributed by atoms with Crippen molar-refractivity contribution >= 4 is 5.78 Å². The Morgan fingerprint density at radius 1 is 1.39 bits per heavy atom. The van der Waals surface area contributed by atoms with Crippen LogP contribution >= 0.6 is 0 Å². The van der Waals surface area contributed by atoms with Crippen LogP contribution in [0.2, 0.25) is 0 Å². The zero-order valence-corrected chi connectivity index (χ0v) is 12.1. The van der Waals surface area contributed by atoms with E-state index in [1.165, 1.54) is 47.4 Å². The molecule has 0 spiro atoms. The smallest absolute Gasteiger partial charge is 0.387 e. The number of ether oxygens (including phenoxy) is 1. The van der Waals surface area contributed by atoms with Crippen molar-refractivity contribution < 1.29 is 18.3 Å². The summed E-state index contributed by atoms with van der Waals surface area (Å²) >= 11 is 0. The van der Waals surface area contributed by atoms with Gasteiger partial charge in [-0.25, -0.2) is 4.68 Å². The molecule has 0 aliphatic rings. The minimum Gasteiger partial charge on any atom is -0.435 e. The molecule has 0 saturated carbocycles. The van der Waals surface area contributed by atoms with Gasteiger partial charge in [-0.15, -0.1) is 0 Å². The van der Waals surface area contributed by atoms with Crippen molar-refractivity contribution in [3.8, 4) is 11.4 Å². The monoisotopic (exact) mass is 321 g/mol. The van der Waals surface area contributed by atoms with Gasteiger partial charge in [-0.2, -0.15) is 13.9 Å². The summed E-state index contributed by atoms with van der Waals surface area (Å²) < 4.78 is 30.0. The number of ketones is 1. The molecule has 0 radical (unpaired) electrons. The molecule has 2 rings (SSSR count). The molecule has 23 heavy (non-hydrogen) atoms. The molecule has 0 aliphatic heterocycles. The van der Waals surface area contributed by atoms with Crippen LogP contribution in [0, 0.1) is 0 Å². The molecule has 1 heterocycles. The minimum absolute atomic E-state index is 0.0547. The van der Waals surface area contributed by atoms with Crippen molar-refractivity contribution in [1.82, 2.24) is 15.1 Å². The summed E-state index contributed by atoms with van der Waals surface area (Å²) in [7, 11) is 1.61. The van der Waals surface area contributed by atoms with Crippen molar-refractivity contribution in [2.24, 2.45) is 0 Å². The lowest BCUT2D eigenvalue weighted by Gasteiger charge is -2.09. The van der Waals surface area contributed by atoms with Crippen LogP contribution in [0.4, 0.5) is 8.78 Å². The van der Waals surface area contributed by atoms with E-state index in [2.05, 4.69) is 15.2 Å². The Morgan fingerprint density at radius 2 is 2.17 bits per heavy atom. The maximum absolute atomic E-state index is 12.3. The third kappa shape index (κ3) is 4.22. The second-order valence-corrected chi connectivity index (χ2v) is 4.34. The van der Waals surface area contributed by atoms with Crippen LogP contribution in [-0.2, 0) is 0 Å². The van der Waals surface area contributed by atoms with Gasteiger partial charge in [-0.1, -0.05) is 6.07 Å². The Bertz CT molecular complexity index is 788. The third-order valence-electron chi connectivity index (χ3n) is 2.75. The van der Waals surface area contributed by atoms with Crippen LogP contribution < -0.4 is 15.5 Å². The van der Waals surface area contributed by atoms with Crippen LogP contribution in [-0.4, -0.2) is 29.2 Å². The van der Waals surface area contributed by atoms with Crippen LogP contribution in [0.15, 0.2) is 53.6 Å². The van der Waals surface area contributed by atoms with E-state index in [0.29, 0.717) is 5.69 Å². The third-order valence-corrected chi connectivity index (χ3v) is 2.75. The van der Waals surface area contributed by atoms with Gasteiger partial charge >= 0.3 is 6.61 Å². The van der Waals surface area contributed by atoms with E-state index >= 15 is 0 Å². The number of halogens is 2. The average molecular weight is 321 g/mol. The first kappa shape index (κ1) is 16.3. The molecule has 0 fully saturated rings. The van der Waals surface area contributed by atoms with Crippen LogP contribution in [0.5, 0.6) is 5.75 Å². The van der Waals surface area contributed by atoms with Crippen molar-refractivity contribution in [2.45, 2.75) is 6.61 Å². The maximum Gasteiger partial charge on any atom is 0.387 e. The summed E-state index contributed by atoms with van der Waals surface area (Å²) in [4.78, 5) is 23.6. The fourth-order valence-electron chi connectivity index (χ4n) is 1.76. The fraction of sp³-hybridized carbons (Fsp3) is 0.133. The normalized spacial score (nSPS) is 11.0. The van der Waals surface area contributed by atoms with E-state index in [1.54, 1.807) is 13.1 Å². The minimum atomic E-state index is -2.95. The van der Waals surface area contributed by atoms with Gasteiger partial charge in [0.2, 0.25) is 11.2 Å². The molecule has 0 saturated heterocycles. The molecule has 120 valence electrons. The summed E-state index contributed by atoms with van der Waals surface area (Å²) in [5, 5.41) is 6.58. The highest BCUT2D eigenvalue weighted by Gasteiger charge is 2.11. The number of carbonyl (C=O) groups excluding carboxylic acids is 1. The van der Waals surface area contributed by atoms with Crippen LogP contribution in [0.1, 0.15) is 10.5 Å². The molecule has 1 aromatic heterocycles. The summed E-state index contributed by atoms with van der Waals surface area (Å²) in [6.07, 6.45) is 3.88. The van der Waals surface area contributed by atoms with E-state index in [1.807, 2.05) is 0 Å². The molecule has 2 aromatic rings. The average Bonchev–Trinajstić information content (AvgIpc) is 2.52. The number of carbonyl (C=O) groups is 1. The summed E-state index contributed by atoms with van der Waals surface area (Å²) in [5.74, 6) is -0.625. The molecular formula is C15H13F2N3O3. The van der Waals surface area contributed by atoms with Crippen molar-refractivity contribution in [3.05, 3.63) is 64.7 Å². The zero-order valence-electron chi connectivity index (χ0n) is 12.1. The Hall–Kier alpha value is -3.03. The van der Waals surface area contributed by atoms with Crippen molar-refractivity contribution in [1.29, 1.82) is 0 Å². The number of nitrogens with zero attached hydrogens (tertiary/aromatic N) is 2. The molecule has 0 aliphatic carbocycles. The summed E-state index contributed by atoms with van der Waals surface area (Å²) in [5.41, 5.74) is -0.444. The number of hydrogen-bond donors (Lipinski definition) is 1. The molecule has 0 bridgehead atoms. The molecule has 1 aromatic carbocycles. The Morgan fingerprint density at radius 3 is 2.87 bits per heavy atom. The zero-order chi connectivity index (χ0) is 16.8. The topological polar surface area (TPSA) is 73.2 Å². The second-order valence-electron chi connectivity index (χ2n) is 4.34. The fourth-order valence-corrected chi connectivity index (χ4v) is 1.76. The van der Waals surface area contributed by atoms with Gasteiger partial charge in [-0.3, -0.25) is 9.59 Å². The summed E-state index contributed by atoms with van der Waals surface area (Å²) in [6, 6.07) is 6.93. The number of rotatable bonds is 6. The molecule has 0 amide bonds. The lowest BCUT2D eigenvalue weighted by molar-refractivity contribution is -0.0498. The van der Waals surface area contributed by atoms with Gasteiger partial charge in [0, 0.05) is 37.7 Å². The largest absolute Gasteiger partial charge is 0.435 e. The van der Waals surface area contributed by atoms with E-state index in [4.69, 9.17) is 0 Å². The number of hydrogen-bond acceptors (Lipinski definition) is 5. The van der Waals surface area contributed by atoms with E-state index in [9.17, 15) is 18.4 Å². The SMILES string of the molecule is CN/C=C/C(=O)c1nn(-c2cccc(OC(F)F)c2)ccc1=O. The first-order chi connectivity index (χ1) is 11.0. The van der Waals surface area contributed by atoms with Gasteiger partial charge in [0.15, 0.2) is 5.69 Å². The highest BCUT2D eigenvalue weighted by Crippen LogP contribution is 2.18. The van der Waals surface area contributed by atoms with Crippen LogP contribution in [0.25, 0.3) is 5.69 Å². The van der Waals surface area contributed by atoms with Gasteiger partial charge in [0.25, 0.3) is 0 Å². The highest BCUT2D eigenvalue weighted by molar-refractivity contribution is 6.02. The lowest BCUT2D eigenvalue weighted by Crippen LogP contribution is -2.20. The Labute approximate surface area is 130 Å².